The van der Waals surface area contributed by atoms with Gasteiger partial charge in [0.25, 0.3) is 5.69 Å². The summed E-state index contributed by atoms with van der Waals surface area (Å²) in [6.45, 7) is 0.131. The highest BCUT2D eigenvalue weighted by Crippen LogP contribution is 2.21. The summed E-state index contributed by atoms with van der Waals surface area (Å²) in [6, 6.07) is 10.0. The zero-order chi connectivity index (χ0) is 14.5. The minimum Gasteiger partial charge on any atom is -0.477 e. The second kappa shape index (κ2) is 5.79. The lowest BCUT2D eigenvalue weighted by Crippen LogP contribution is -2.06. The lowest BCUT2D eigenvalue weighted by Gasteiger charge is -2.07. The van der Waals surface area contributed by atoms with Gasteiger partial charge in [-0.15, -0.1) is 0 Å². The highest BCUT2D eigenvalue weighted by atomic mass is 16.6. The fourth-order valence-corrected chi connectivity index (χ4v) is 1.54. The van der Waals surface area contributed by atoms with E-state index in [1.54, 1.807) is 0 Å². The van der Waals surface area contributed by atoms with Crippen LogP contribution >= 0.6 is 0 Å². The largest absolute Gasteiger partial charge is 0.477 e. The molecule has 0 saturated carbocycles. The Bertz CT molecular complexity index is 642. The number of rotatable bonds is 5. The molecule has 0 aliphatic carbocycles. The zero-order valence-corrected chi connectivity index (χ0v) is 10.2. The number of aromatic nitrogens is 1. The average Bonchev–Trinajstić information content (AvgIpc) is 2.45. The molecule has 0 unspecified atom stereocenters. The minimum absolute atomic E-state index is 0.131. The molecule has 2 aromatic rings. The lowest BCUT2D eigenvalue weighted by molar-refractivity contribution is -0.385. The minimum atomic E-state index is -1.33. The fraction of sp³-hybridized carbons (Fsp3) is 0.0769. The number of pyridine rings is 1. The summed E-state index contributed by atoms with van der Waals surface area (Å²) in [5.41, 5.74) is 0.105. The van der Waals surface area contributed by atoms with Gasteiger partial charge in [0.05, 0.1) is 4.92 Å². The monoisotopic (exact) mass is 274 g/mol. The predicted molar refractivity (Wildman–Crippen MR) is 68.6 cm³/mol. The second-order valence-electron chi connectivity index (χ2n) is 3.88. The van der Waals surface area contributed by atoms with Crippen molar-refractivity contribution >= 4 is 11.7 Å². The van der Waals surface area contributed by atoms with Gasteiger partial charge in [-0.2, -0.15) is 0 Å². The summed E-state index contributed by atoms with van der Waals surface area (Å²) >= 11 is 0. The molecular weight excluding hydrogens is 264 g/mol. The second-order valence-corrected chi connectivity index (χ2v) is 3.88. The first-order valence-electron chi connectivity index (χ1n) is 5.62. The van der Waals surface area contributed by atoms with E-state index in [0.29, 0.717) is 0 Å². The molecule has 0 radical (unpaired) electrons. The van der Waals surface area contributed by atoms with Gasteiger partial charge in [-0.1, -0.05) is 30.3 Å². The van der Waals surface area contributed by atoms with Crippen LogP contribution in [0.3, 0.4) is 0 Å². The van der Waals surface area contributed by atoms with E-state index >= 15 is 0 Å². The molecule has 0 aliphatic heterocycles. The van der Waals surface area contributed by atoms with Gasteiger partial charge in [-0.05, 0) is 5.56 Å². The van der Waals surface area contributed by atoms with E-state index in [-0.39, 0.29) is 18.1 Å². The Labute approximate surface area is 113 Å². The molecular formula is C13H10N2O5. The normalized spacial score (nSPS) is 10.0. The van der Waals surface area contributed by atoms with Gasteiger partial charge in [0, 0.05) is 6.07 Å². The first-order chi connectivity index (χ1) is 9.58. The van der Waals surface area contributed by atoms with Crippen LogP contribution < -0.4 is 4.74 Å². The Balaban J connectivity index is 2.23. The SMILES string of the molecule is O=C(O)c1cc([N+](=O)[O-])cnc1OCc1ccccc1. The zero-order valence-electron chi connectivity index (χ0n) is 10.2. The molecule has 7 nitrogen and oxygen atoms in total. The van der Waals surface area contributed by atoms with Crippen LogP contribution in [0.4, 0.5) is 5.69 Å². The van der Waals surface area contributed by atoms with Crippen LogP contribution in [0.1, 0.15) is 15.9 Å². The molecule has 0 amide bonds. The summed E-state index contributed by atoms with van der Waals surface area (Å²) in [4.78, 5) is 24.6. The molecule has 2 rings (SSSR count). The number of ether oxygens (including phenoxy) is 1. The van der Waals surface area contributed by atoms with Gasteiger partial charge in [0.2, 0.25) is 5.88 Å². The standard InChI is InChI=1S/C13H10N2O5/c16-13(17)11-6-10(15(18)19)7-14-12(11)20-8-9-4-2-1-3-5-9/h1-7H,8H2,(H,16,17). The number of nitrogens with zero attached hydrogens (tertiary/aromatic N) is 2. The number of carboxylic acids is 1. The van der Waals surface area contributed by atoms with Gasteiger partial charge in [0.1, 0.15) is 18.4 Å². The molecule has 0 spiro atoms. The molecule has 0 aliphatic rings. The summed E-state index contributed by atoms with van der Waals surface area (Å²) in [7, 11) is 0. The van der Waals surface area contributed by atoms with Crippen molar-refractivity contribution in [3.8, 4) is 5.88 Å². The molecule has 0 atom stereocenters. The molecule has 20 heavy (non-hydrogen) atoms. The van der Waals surface area contributed by atoms with E-state index < -0.39 is 16.6 Å². The van der Waals surface area contributed by atoms with Crippen LogP contribution in [0.5, 0.6) is 5.88 Å². The van der Waals surface area contributed by atoms with E-state index in [1.807, 2.05) is 30.3 Å². The third kappa shape index (κ3) is 3.08. The number of carboxylic acid groups (broad SMARTS) is 1. The summed E-state index contributed by atoms with van der Waals surface area (Å²) in [6.07, 6.45) is 0.965. The van der Waals surface area contributed by atoms with Crippen molar-refractivity contribution in [2.45, 2.75) is 6.61 Å². The molecule has 102 valence electrons. The third-order valence-corrected chi connectivity index (χ3v) is 2.50. The van der Waals surface area contributed by atoms with E-state index in [9.17, 15) is 14.9 Å². The third-order valence-electron chi connectivity index (χ3n) is 2.50. The topological polar surface area (TPSA) is 103 Å². The molecule has 0 fully saturated rings. The highest BCUT2D eigenvalue weighted by Gasteiger charge is 2.18. The van der Waals surface area contributed by atoms with Crippen molar-refractivity contribution in [2.75, 3.05) is 0 Å². The highest BCUT2D eigenvalue weighted by molar-refractivity contribution is 5.90. The smallest absolute Gasteiger partial charge is 0.341 e. The van der Waals surface area contributed by atoms with Crippen molar-refractivity contribution in [3.63, 3.8) is 0 Å². The van der Waals surface area contributed by atoms with Gasteiger partial charge >= 0.3 is 5.97 Å². The van der Waals surface area contributed by atoms with Crippen molar-refractivity contribution in [3.05, 3.63) is 63.8 Å². The quantitative estimate of drug-likeness (QED) is 0.662. The molecule has 0 saturated heterocycles. The van der Waals surface area contributed by atoms with E-state index in [4.69, 9.17) is 9.84 Å². The first kappa shape index (κ1) is 13.5. The summed E-state index contributed by atoms with van der Waals surface area (Å²) in [5, 5.41) is 19.6. The molecule has 1 N–H and O–H groups in total. The van der Waals surface area contributed by atoms with Crippen molar-refractivity contribution in [2.24, 2.45) is 0 Å². The molecule has 1 aromatic carbocycles. The Morgan fingerprint density at radius 1 is 1.35 bits per heavy atom. The van der Waals surface area contributed by atoms with E-state index in [2.05, 4.69) is 4.98 Å². The Morgan fingerprint density at radius 2 is 2.05 bits per heavy atom. The number of hydrogen-bond donors (Lipinski definition) is 1. The van der Waals surface area contributed by atoms with Crippen molar-refractivity contribution < 1.29 is 19.6 Å². The lowest BCUT2D eigenvalue weighted by atomic mass is 10.2. The number of hydrogen-bond acceptors (Lipinski definition) is 5. The van der Waals surface area contributed by atoms with Crippen LogP contribution in [-0.2, 0) is 6.61 Å². The Morgan fingerprint density at radius 3 is 2.65 bits per heavy atom. The van der Waals surface area contributed by atoms with Gasteiger partial charge in [0.15, 0.2) is 0 Å². The summed E-state index contributed by atoms with van der Waals surface area (Å²) in [5.74, 6) is -1.48. The van der Waals surface area contributed by atoms with Crippen LogP contribution in [0.25, 0.3) is 0 Å². The Hall–Kier alpha value is -2.96. The molecule has 7 heteroatoms. The van der Waals surface area contributed by atoms with Gasteiger partial charge < -0.3 is 9.84 Å². The maximum absolute atomic E-state index is 11.1. The molecule has 1 aromatic heterocycles. The Kier molecular flexibility index (Phi) is 3.90. The van der Waals surface area contributed by atoms with Crippen LogP contribution in [0.15, 0.2) is 42.6 Å². The van der Waals surface area contributed by atoms with Crippen molar-refractivity contribution in [1.82, 2.24) is 4.98 Å². The number of carbonyl (C=O) groups is 1. The number of benzene rings is 1. The van der Waals surface area contributed by atoms with Crippen LogP contribution in [-0.4, -0.2) is 21.0 Å². The van der Waals surface area contributed by atoms with Crippen molar-refractivity contribution in [1.29, 1.82) is 0 Å². The average molecular weight is 274 g/mol. The predicted octanol–water partition coefficient (Wildman–Crippen LogP) is 2.27. The maximum Gasteiger partial charge on any atom is 0.341 e. The number of aromatic carboxylic acids is 1. The van der Waals surface area contributed by atoms with Crippen LogP contribution in [0, 0.1) is 10.1 Å². The fourth-order valence-electron chi connectivity index (χ4n) is 1.54. The number of nitro groups is 1. The summed E-state index contributed by atoms with van der Waals surface area (Å²) < 4.78 is 5.30. The molecule has 1 heterocycles. The maximum atomic E-state index is 11.1. The first-order valence-corrected chi connectivity index (χ1v) is 5.62. The van der Waals surface area contributed by atoms with Gasteiger partial charge in [-0.3, -0.25) is 10.1 Å². The van der Waals surface area contributed by atoms with E-state index in [0.717, 1.165) is 17.8 Å². The van der Waals surface area contributed by atoms with Gasteiger partial charge in [-0.25, -0.2) is 9.78 Å². The van der Waals surface area contributed by atoms with E-state index in [1.165, 1.54) is 0 Å². The van der Waals surface area contributed by atoms with Crippen LogP contribution in [0.2, 0.25) is 0 Å². The molecule has 0 bridgehead atoms.